The van der Waals surface area contributed by atoms with Crippen molar-refractivity contribution in [3.8, 4) is 5.75 Å². The number of anilines is 1. The van der Waals surface area contributed by atoms with Crippen molar-refractivity contribution in [2.45, 2.75) is 38.7 Å². The monoisotopic (exact) mass is 263 g/mol. The van der Waals surface area contributed by atoms with Gasteiger partial charge in [-0.2, -0.15) is 0 Å². The molecule has 1 N–H and O–H groups in total. The first kappa shape index (κ1) is 13.7. The number of amides is 1. The van der Waals surface area contributed by atoms with E-state index in [9.17, 15) is 4.79 Å². The fourth-order valence-electron chi connectivity index (χ4n) is 2.48. The molecule has 0 unspecified atom stereocenters. The SMILES string of the molecule is COc1ccccc1NC(=O)O[C@@H]1CCCC[C@@H]1C. The fourth-order valence-corrected chi connectivity index (χ4v) is 2.48. The molecule has 4 nitrogen and oxygen atoms in total. The average molecular weight is 263 g/mol. The van der Waals surface area contributed by atoms with E-state index >= 15 is 0 Å². The number of hydrogen-bond acceptors (Lipinski definition) is 3. The maximum Gasteiger partial charge on any atom is 0.412 e. The number of rotatable bonds is 3. The molecule has 0 radical (unpaired) electrons. The summed E-state index contributed by atoms with van der Waals surface area (Å²) in [4.78, 5) is 11.9. The molecular weight excluding hydrogens is 242 g/mol. The summed E-state index contributed by atoms with van der Waals surface area (Å²) >= 11 is 0. The van der Waals surface area contributed by atoms with Crippen LogP contribution in [0.2, 0.25) is 0 Å². The molecule has 2 rings (SSSR count). The zero-order valence-corrected chi connectivity index (χ0v) is 11.5. The van der Waals surface area contributed by atoms with Crippen molar-refractivity contribution in [2.75, 3.05) is 12.4 Å². The normalized spacial score (nSPS) is 22.6. The Morgan fingerprint density at radius 2 is 2.00 bits per heavy atom. The first-order chi connectivity index (χ1) is 9.20. The van der Waals surface area contributed by atoms with Gasteiger partial charge in [0.25, 0.3) is 0 Å². The number of ether oxygens (including phenoxy) is 2. The second kappa shape index (κ2) is 6.45. The number of nitrogens with one attached hydrogen (secondary N) is 1. The summed E-state index contributed by atoms with van der Waals surface area (Å²) in [7, 11) is 1.58. The maximum atomic E-state index is 11.9. The van der Waals surface area contributed by atoms with Gasteiger partial charge in [-0.05, 0) is 37.3 Å². The van der Waals surface area contributed by atoms with E-state index in [-0.39, 0.29) is 6.10 Å². The zero-order valence-electron chi connectivity index (χ0n) is 11.5. The van der Waals surface area contributed by atoms with Gasteiger partial charge in [0, 0.05) is 0 Å². The van der Waals surface area contributed by atoms with Gasteiger partial charge in [-0.3, -0.25) is 5.32 Å². The van der Waals surface area contributed by atoms with E-state index in [1.54, 1.807) is 19.2 Å². The molecule has 0 spiro atoms. The van der Waals surface area contributed by atoms with Gasteiger partial charge in [-0.15, -0.1) is 0 Å². The summed E-state index contributed by atoms with van der Waals surface area (Å²) in [6, 6.07) is 7.31. The topological polar surface area (TPSA) is 47.6 Å². The van der Waals surface area contributed by atoms with Gasteiger partial charge in [0.15, 0.2) is 0 Å². The van der Waals surface area contributed by atoms with E-state index in [1.807, 2.05) is 12.1 Å². The minimum Gasteiger partial charge on any atom is -0.495 e. The first-order valence-corrected chi connectivity index (χ1v) is 6.81. The Morgan fingerprint density at radius 3 is 2.74 bits per heavy atom. The molecule has 1 aromatic rings. The van der Waals surface area contributed by atoms with Gasteiger partial charge in [-0.25, -0.2) is 4.79 Å². The highest BCUT2D eigenvalue weighted by Crippen LogP contribution is 2.27. The van der Waals surface area contributed by atoms with Crippen LogP contribution in [0.25, 0.3) is 0 Å². The number of carbonyl (C=O) groups is 1. The van der Waals surface area contributed by atoms with Crippen molar-refractivity contribution in [1.82, 2.24) is 0 Å². The van der Waals surface area contributed by atoms with E-state index in [2.05, 4.69) is 12.2 Å². The van der Waals surface area contributed by atoms with Crippen LogP contribution < -0.4 is 10.1 Å². The van der Waals surface area contributed by atoms with E-state index in [0.717, 1.165) is 19.3 Å². The lowest BCUT2D eigenvalue weighted by Crippen LogP contribution is -2.30. The molecule has 0 bridgehead atoms. The van der Waals surface area contributed by atoms with Gasteiger partial charge in [-0.1, -0.05) is 25.5 Å². The van der Waals surface area contributed by atoms with Gasteiger partial charge in [0.05, 0.1) is 12.8 Å². The molecule has 2 atom stereocenters. The van der Waals surface area contributed by atoms with Gasteiger partial charge < -0.3 is 9.47 Å². The largest absolute Gasteiger partial charge is 0.495 e. The molecule has 0 heterocycles. The average Bonchev–Trinajstić information content (AvgIpc) is 2.42. The van der Waals surface area contributed by atoms with Crippen molar-refractivity contribution in [1.29, 1.82) is 0 Å². The summed E-state index contributed by atoms with van der Waals surface area (Å²) in [5, 5.41) is 2.74. The molecule has 0 aliphatic heterocycles. The number of carbonyl (C=O) groups excluding carboxylic acids is 1. The molecule has 1 aromatic carbocycles. The molecule has 19 heavy (non-hydrogen) atoms. The standard InChI is InChI=1S/C15H21NO3/c1-11-7-3-5-9-13(11)19-15(17)16-12-8-4-6-10-14(12)18-2/h4,6,8,10-11,13H,3,5,7,9H2,1-2H3,(H,16,17)/t11-,13+/m0/s1. The minimum atomic E-state index is -0.400. The number of para-hydroxylation sites is 2. The third kappa shape index (κ3) is 3.63. The first-order valence-electron chi connectivity index (χ1n) is 6.81. The highest BCUT2D eigenvalue weighted by Gasteiger charge is 2.25. The second-order valence-corrected chi connectivity index (χ2v) is 5.03. The van der Waals surface area contributed by atoms with Crippen molar-refractivity contribution in [3.63, 3.8) is 0 Å². The molecule has 0 saturated heterocycles. The smallest absolute Gasteiger partial charge is 0.412 e. The molecule has 1 fully saturated rings. The van der Waals surface area contributed by atoms with Gasteiger partial charge in [0.2, 0.25) is 0 Å². The molecule has 0 aromatic heterocycles. The zero-order chi connectivity index (χ0) is 13.7. The van der Waals surface area contributed by atoms with Gasteiger partial charge in [0.1, 0.15) is 11.9 Å². The van der Waals surface area contributed by atoms with Crippen LogP contribution in [0.15, 0.2) is 24.3 Å². The van der Waals surface area contributed by atoms with E-state index < -0.39 is 6.09 Å². The summed E-state index contributed by atoms with van der Waals surface area (Å²) in [5.74, 6) is 1.08. The van der Waals surface area contributed by atoms with Crippen LogP contribution in [0, 0.1) is 5.92 Å². The van der Waals surface area contributed by atoms with Crippen LogP contribution in [0.4, 0.5) is 10.5 Å². The van der Waals surface area contributed by atoms with Gasteiger partial charge >= 0.3 is 6.09 Å². The van der Waals surface area contributed by atoms with Crippen LogP contribution >= 0.6 is 0 Å². The summed E-state index contributed by atoms with van der Waals surface area (Å²) in [6.07, 6.45) is 4.09. The van der Waals surface area contributed by atoms with Crippen LogP contribution in [0.1, 0.15) is 32.6 Å². The lowest BCUT2D eigenvalue weighted by molar-refractivity contribution is 0.0524. The highest BCUT2D eigenvalue weighted by molar-refractivity contribution is 5.86. The molecule has 1 saturated carbocycles. The lowest BCUT2D eigenvalue weighted by atomic mass is 9.88. The Hall–Kier alpha value is -1.71. The van der Waals surface area contributed by atoms with Crippen LogP contribution in [0.3, 0.4) is 0 Å². The summed E-state index contributed by atoms with van der Waals surface area (Å²) in [6.45, 7) is 2.14. The number of benzene rings is 1. The summed E-state index contributed by atoms with van der Waals surface area (Å²) in [5.41, 5.74) is 0.637. The highest BCUT2D eigenvalue weighted by atomic mass is 16.6. The van der Waals surface area contributed by atoms with Crippen LogP contribution in [0.5, 0.6) is 5.75 Å². The minimum absolute atomic E-state index is 0.0310. The Bertz CT molecular complexity index is 433. The predicted octanol–water partition coefficient (Wildman–Crippen LogP) is 3.82. The Balaban J connectivity index is 1.93. The molecule has 4 heteroatoms. The number of hydrogen-bond donors (Lipinski definition) is 1. The molecule has 1 aliphatic carbocycles. The number of methoxy groups -OCH3 is 1. The second-order valence-electron chi connectivity index (χ2n) is 5.03. The Labute approximate surface area is 114 Å². The van der Waals surface area contributed by atoms with E-state index in [4.69, 9.17) is 9.47 Å². The molecule has 1 amide bonds. The van der Waals surface area contributed by atoms with E-state index in [0.29, 0.717) is 17.4 Å². The summed E-state index contributed by atoms with van der Waals surface area (Å²) < 4.78 is 10.7. The molecule has 104 valence electrons. The maximum absolute atomic E-state index is 11.9. The predicted molar refractivity (Wildman–Crippen MR) is 74.5 cm³/mol. The van der Waals surface area contributed by atoms with Crippen molar-refractivity contribution in [3.05, 3.63) is 24.3 Å². The Morgan fingerprint density at radius 1 is 1.26 bits per heavy atom. The molecule has 1 aliphatic rings. The quantitative estimate of drug-likeness (QED) is 0.901. The van der Waals surface area contributed by atoms with Crippen molar-refractivity contribution in [2.24, 2.45) is 5.92 Å². The fraction of sp³-hybridized carbons (Fsp3) is 0.533. The lowest BCUT2D eigenvalue weighted by Gasteiger charge is -2.28. The Kier molecular flexibility index (Phi) is 4.66. The van der Waals surface area contributed by atoms with Crippen molar-refractivity contribution < 1.29 is 14.3 Å². The van der Waals surface area contributed by atoms with Crippen molar-refractivity contribution >= 4 is 11.8 Å². The third-order valence-electron chi connectivity index (χ3n) is 3.63. The van der Waals surface area contributed by atoms with Crippen LogP contribution in [-0.4, -0.2) is 19.3 Å². The molecular formula is C15H21NO3. The van der Waals surface area contributed by atoms with Crippen LogP contribution in [-0.2, 0) is 4.74 Å². The van der Waals surface area contributed by atoms with E-state index in [1.165, 1.54) is 6.42 Å². The third-order valence-corrected chi connectivity index (χ3v) is 3.63.